The number of hydrogen-bond acceptors (Lipinski definition) is 6. The van der Waals surface area contributed by atoms with Crippen LogP contribution in [0.4, 0.5) is 0 Å². The first kappa shape index (κ1) is 16.9. The van der Waals surface area contributed by atoms with Crippen LogP contribution in [0, 0.1) is 0 Å². The van der Waals surface area contributed by atoms with E-state index in [2.05, 4.69) is 10.1 Å². The second kappa shape index (κ2) is 7.74. The van der Waals surface area contributed by atoms with Crippen LogP contribution in [0.25, 0.3) is 0 Å². The quantitative estimate of drug-likeness (QED) is 0.835. The highest BCUT2D eigenvalue weighted by Gasteiger charge is 2.26. The maximum Gasteiger partial charge on any atom is 0.306 e. The van der Waals surface area contributed by atoms with Crippen molar-refractivity contribution in [3.8, 4) is 0 Å². The number of carboxylic acid groups (broad SMARTS) is 1. The van der Waals surface area contributed by atoms with Gasteiger partial charge in [-0.15, -0.1) is 0 Å². The lowest BCUT2D eigenvalue weighted by atomic mass is 10.1. The molecule has 1 amide bonds. The van der Waals surface area contributed by atoms with Crippen molar-refractivity contribution in [1.29, 1.82) is 0 Å². The molecule has 1 saturated heterocycles. The van der Waals surface area contributed by atoms with Crippen molar-refractivity contribution in [2.75, 3.05) is 19.7 Å². The zero-order valence-electron chi connectivity index (χ0n) is 13.6. The summed E-state index contributed by atoms with van der Waals surface area (Å²) in [6.45, 7) is 1.18. The van der Waals surface area contributed by atoms with Crippen molar-refractivity contribution in [3.63, 3.8) is 0 Å². The Balaban J connectivity index is 1.47. The van der Waals surface area contributed by atoms with Crippen LogP contribution >= 0.6 is 0 Å². The Morgan fingerprint density at radius 2 is 2.08 bits per heavy atom. The highest BCUT2D eigenvalue weighted by molar-refractivity contribution is 5.76. The van der Waals surface area contributed by atoms with Crippen LogP contribution in [-0.4, -0.2) is 57.8 Å². The Labute approximate surface area is 140 Å². The second-order valence-corrected chi connectivity index (χ2v) is 6.46. The van der Waals surface area contributed by atoms with E-state index in [-0.39, 0.29) is 18.7 Å². The van der Waals surface area contributed by atoms with Crippen LogP contribution in [-0.2, 0) is 20.7 Å². The second-order valence-electron chi connectivity index (χ2n) is 6.46. The Hall–Kier alpha value is -1.96. The van der Waals surface area contributed by atoms with Gasteiger partial charge >= 0.3 is 5.97 Å². The highest BCUT2D eigenvalue weighted by Crippen LogP contribution is 2.32. The minimum absolute atomic E-state index is 0.0331. The van der Waals surface area contributed by atoms with Gasteiger partial charge in [0.15, 0.2) is 5.82 Å². The Morgan fingerprint density at radius 1 is 1.29 bits per heavy atom. The van der Waals surface area contributed by atoms with E-state index >= 15 is 0 Å². The van der Waals surface area contributed by atoms with Gasteiger partial charge in [0, 0.05) is 31.8 Å². The van der Waals surface area contributed by atoms with Gasteiger partial charge in [0.1, 0.15) is 0 Å². The third-order valence-corrected chi connectivity index (χ3v) is 4.65. The molecule has 0 radical (unpaired) electrons. The molecule has 0 spiro atoms. The van der Waals surface area contributed by atoms with Crippen LogP contribution < -0.4 is 0 Å². The van der Waals surface area contributed by atoms with E-state index in [0.717, 1.165) is 18.7 Å². The topological polar surface area (TPSA) is 106 Å². The number of hydrogen-bond donors (Lipinski definition) is 1. The number of amides is 1. The number of ether oxygens (including phenoxy) is 1. The first-order valence-corrected chi connectivity index (χ1v) is 8.55. The third kappa shape index (κ3) is 4.31. The van der Waals surface area contributed by atoms with Crippen molar-refractivity contribution in [2.24, 2.45) is 0 Å². The van der Waals surface area contributed by atoms with Gasteiger partial charge in [-0.05, 0) is 12.8 Å². The molecular formula is C16H23N3O5. The Morgan fingerprint density at radius 3 is 2.83 bits per heavy atom. The number of aryl methyl sites for hydroxylation is 1. The van der Waals surface area contributed by atoms with Crippen LogP contribution in [0.2, 0.25) is 0 Å². The van der Waals surface area contributed by atoms with Gasteiger partial charge in [-0.3, -0.25) is 9.59 Å². The Bertz CT molecular complexity index is 582. The van der Waals surface area contributed by atoms with Gasteiger partial charge in [0.2, 0.25) is 11.8 Å². The smallest absolute Gasteiger partial charge is 0.306 e. The summed E-state index contributed by atoms with van der Waals surface area (Å²) in [5.41, 5.74) is 0. The van der Waals surface area contributed by atoms with E-state index in [1.807, 2.05) is 0 Å². The lowest BCUT2D eigenvalue weighted by Gasteiger charge is -2.32. The number of nitrogens with zero attached hydrogens (tertiary/aromatic N) is 3. The summed E-state index contributed by atoms with van der Waals surface area (Å²) < 4.78 is 10.6. The molecule has 1 unspecified atom stereocenters. The largest absolute Gasteiger partial charge is 0.481 e. The lowest BCUT2D eigenvalue weighted by molar-refractivity contribution is -0.147. The monoisotopic (exact) mass is 337 g/mol. The molecule has 3 rings (SSSR count). The molecule has 8 nitrogen and oxygen atoms in total. The lowest BCUT2D eigenvalue weighted by Crippen LogP contribution is -2.46. The number of carbonyl (C=O) groups excluding carboxylic acids is 1. The summed E-state index contributed by atoms with van der Waals surface area (Å²) in [6, 6.07) is 0. The maximum atomic E-state index is 12.3. The van der Waals surface area contributed by atoms with Gasteiger partial charge < -0.3 is 19.3 Å². The molecule has 0 aromatic carbocycles. The van der Waals surface area contributed by atoms with E-state index in [1.165, 1.54) is 12.8 Å². The molecule has 2 heterocycles. The fourth-order valence-electron chi connectivity index (χ4n) is 3.36. The van der Waals surface area contributed by atoms with E-state index in [1.54, 1.807) is 4.90 Å². The van der Waals surface area contributed by atoms with Crippen molar-refractivity contribution in [1.82, 2.24) is 15.0 Å². The predicted molar refractivity (Wildman–Crippen MR) is 82.4 cm³/mol. The summed E-state index contributed by atoms with van der Waals surface area (Å²) in [5.74, 6) is 0.714. The van der Waals surface area contributed by atoms with E-state index in [4.69, 9.17) is 14.4 Å². The van der Waals surface area contributed by atoms with Gasteiger partial charge in [-0.1, -0.05) is 18.0 Å². The van der Waals surface area contributed by atoms with Crippen LogP contribution in [0.5, 0.6) is 0 Å². The predicted octanol–water partition coefficient (Wildman–Crippen LogP) is 1.36. The van der Waals surface area contributed by atoms with Crippen molar-refractivity contribution < 1.29 is 24.0 Å². The minimum atomic E-state index is -0.917. The molecule has 1 aromatic rings. The maximum absolute atomic E-state index is 12.3. The summed E-state index contributed by atoms with van der Waals surface area (Å²) in [5, 5.41) is 12.9. The van der Waals surface area contributed by atoms with Gasteiger partial charge in [0.05, 0.1) is 19.1 Å². The van der Waals surface area contributed by atoms with Crippen molar-refractivity contribution >= 4 is 11.9 Å². The molecular weight excluding hydrogens is 314 g/mol. The fraction of sp³-hybridized carbons (Fsp3) is 0.750. The normalized spacial score (nSPS) is 22.0. The zero-order chi connectivity index (χ0) is 16.9. The molecule has 132 valence electrons. The van der Waals surface area contributed by atoms with Gasteiger partial charge in [-0.2, -0.15) is 4.98 Å². The Kier molecular flexibility index (Phi) is 5.44. The summed E-state index contributed by atoms with van der Waals surface area (Å²) in [4.78, 5) is 29.1. The molecule has 1 N–H and O–H groups in total. The van der Waals surface area contributed by atoms with Crippen molar-refractivity contribution in [2.45, 2.75) is 57.0 Å². The molecule has 24 heavy (non-hydrogen) atoms. The summed E-state index contributed by atoms with van der Waals surface area (Å²) in [7, 11) is 0. The highest BCUT2D eigenvalue weighted by atomic mass is 16.5. The van der Waals surface area contributed by atoms with E-state index in [9.17, 15) is 9.59 Å². The molecule has 1 aliphatic heterocycles. The summed E-state index contributed by atoms with van der Waals surface area (Å²) in [6.07, 6.45) is 4.82. The molecule has 8 heteroatoms. The molecule has 2 fully saturated rings. The summed E-state index contributed by atoms with van der Waals surface area (Å²) >= 11 is 0. The third-order valence-electron chi connectivity index (χ3n) is 4.65. The molecule has 1 atom stereocenters. The zero-order valence-corrected chi connectivity index (χ0v) is 13.6. The molecule has 1 saturated carbocycles. The standard InChI is InChI=1S/C16H23N3O5/c20-14(19-7-8-23-12(10-19)9-15(21)22)6-5-13-17-16(18-24-13)11-3-1-2-4-11/h11-12H,1-10H2,(H,21,22). The molecule has 0 bridgehead atoms. The molecule has 2 aliphatic rings. The number of aromatic nitrogens is 2. The SMILES string of the molecule is O=C(O)CC1CN(C(=O)CCc2nc(C3CCCC3)no2)CCO1. The van der Waals surface area contributed by atoms with E-state index in [0.29, 0.717) is 37.9 Å². The fourth-order valence-corrected chi connectivity index (χ4v) is 3.36. The number of carbonyl (C=O) groups is 2. The van der Waals surface area contributed by atoms with Crippen LogP contribution in [0.15, 0.2) is 4.52 Å². The van der Waals surface area contributed by atoms with Crippen LogP contribution in [0.1, 0.15) is 56.2 Å². The van der Waals surface area contributed by atoms with Gasteiger partial charge in [0.25, 0.3) is 0 Å². The first-order valence-electron chi connectivity index (χ1n) is 8.55. The van der Waals surface area contributed by atoms with E-state index < -0.39 is 12.1 Å². The number of carboxylic acids is 1. The first-order chi connectivity index (χ1) is 11.6. The van der Waals surface area contributed by atoms with Crippen LogP contribution in [0.3, 0.4) is 0 Å². The average Bonchev–Trinajstić information content (AvgIpc) is 3.23. The molecule has 1 aliphatic carbocycles. The number of morpholine rings is 1. The molecule has 1 aromatic heterocycles. The number of aliphatic carboxylic acids is 1. The van der Waals surface area contributed by atoms with Crippen molar-refractivity contribution in [3.05, 3.63) is 11.7 Å². The minimum Gasteiger partial charge on any atom is -0.481 e. The van der Waals surface area contributed by atoms with Gasteiger partial charge in [-0.25, -0.2) is 0 Å². The average molecular weight is 337 g/mol. The number of rotatable bonds is 6.